The number of nitrogens with zero attached hydrogens (tertiary/aromatic N) is 3. The van der Waals surface area contributed by atoms with E-state index in [2.05, 4.69) is 0 Å². The number of hydrogen-bond acceptors (Lipinski definition) is 4. The SMILES string of the molecule is Cc1ccc2c(c1)N=C1c3ccccc3[C@]3(O)N(c4ccccc4)C(=S)N2[C@]13O. The molecule has 5 nitrogen and oxygen atoms in total. The van der Waals surface area contributed by atoms with Gasteiger partial charge in [0.1, 0.15) is 5.71 Å². The summed E-state index contributed by atoms with van der Waals surface area (Å²) in [4.78, 5) is 8.09. The number of anilines is 2. The summed E-state index contributed by atoms with van der Waals surface area (Å²) in [6.07, 6.45) is 0. The third kappa shape index (κ3) is 1.78. The van der Waals surface area contributed by atoms with Gasteiger partial charge in [0.15, 0.2) is 5.11 Å². The second-order valence-electron chi connectivity index (χ2n) is 7.63. The Morgan fingerprint density at radius 2 is 1.59 bits per heavy atom. The van der Waals surface area contributed by atoms with Crippen molar-refractivity contribution in [3.05, 3.63) is 89.5 Å². The molecule has 3 aromatic rings. The third-order valence-corrected chi connectivity index (χ3v) is 6.39. The molecule has 142 valence electrons. The largest absolute Gasteiger partial charge is 0.362 e. The van der Waals surface area contributed by atoms with Gasteiger partial charge in [-0.1, -0.05) is 48.5 Å². The fourth-order valence-corrected chi connectivity index (χ4v) is 5.24. The standard InChI is InChI=1S/C23H17N3O2S/c1-14-11-12-19-18(13-14)24-20-16-9-5-6-10-17(16)22(27)23(20,28)26(19)21(29)25(22)15-7-3-2-4-8-15/h2-13,27-28H,1H3/t22-,23+/m1/s1. The van der Waals surface area contributed by atoms with Crippen LogP contribution in [-0.2, 0) is 5.72 Å². The van der Waals surface area contributed by atoms with E-state index < -0.39 is 11.4 Å². The highest BCUT2D eigenvalue weighted by Crippen LogP contribution is 2.59. The molecule has 3 aromatic carbocycles. The fraction of sp³-hybridized carbons (Fsp3) is 0.130. The Hall–Kier alpha value is -3.06. The molecule has 0 amide bonds. The van der Waals surface area contributed by atoms with E-state index in [0.29, 0.717) is 27.8 Å². The van der Waals surface area contributed by atoms with E-state index in [1.54, 1.807) is 9.80 Å². The molecule has 0 unspecified atom stereocenters. The highest BCUT2D eigenvalue weighted by molar-refractivity contribution is 7.80. The van der Waals surface area contributed by atoms with Crippen molar-refractivity contribution in [3.8, 4) is 0 Å². The van der Waals surface area contributed by atoms with Gasteiger partial charge in [0.2, 0.25) is 11.4 Å². The summed E-state index contributed by atoms with van der Waals surface area (Å²) in [5.41, 5.74) is 1.25. The monoisotopic (exact) mass is 399 g/mol. The van der Waals surface area contributed by atoms with Crippen LogP contribution in [0, 0.1) is 6.92 Å². The van der Waals surface area contributed by atoms with Crippen molar-refractivity contribution < 1.29 is 10.2 Å². The zero-order valence-corrected chi connectivity index (χ0v) is 16.4. The van der Waals surface area contributed by atoms with Crippen LogP contribution in [0.15, 0.2) is 77.8 Å². The first-order chi connectivity index (χ1) is 14.0. The molecule has 2 N–H and O–H groups in total. The molecule has 0 radical (unpaired) electrons. The Morgan fingerprint density at radius 1 is 0.862 bits per heavy atom. The number of para-hydroxylation sites is 1. The van der Waals surface area contributed by atoms with Crippen LogP contribution in [-0.4, -0.2) is 26.8 Å². The lowest BCUT2D eigenvalue weighted by Crippen LogP contribution is -2.61. The number of aliphatic hydroxyl groups is 2. The van der Waals surface area contributed by atoms with Crippen LogP contribution >= 0.6 is 12.2 Å². The van der Waals surface area contributed by atoms with E-state index in [1.807, 2.05) is 79.7 Å². The molecule has 1 aliphatic carbocycles. The van der Waals surface area contributed by atoms with Crippen molar-refractivity contribution in [2.24, 2.45) is 4.99 Å². The van der Waals surface area contributed by atoms with E-state index in [4.69, 9.17) is 17.2 Å². The van der Waals surface area contributed by atoms with Crippen LogP contribution < -0.4 is 9.80 Å². The molecule has 2 heterocycles. The van der Waals surface area contributed by atoms with Crippen LogP contribution in [0.2, 0.25) is 0 Å². The Kier molecular flexibility index (Phi) is 3.08. The maximum absolute atomic E-state index is 12.2. The van der Waals surface area contributed by atoms with Crippen LogP contribution in [0.3, 0.4) is 0 Å². The molecule has 3 aliphatic rings. The number of hydrogen-bond donors (Lipinski definition) is 2. The Morgan fingerprint density at radius 3 is 2.38 bits per heavy atom. The van der Waals surface area contributed by atoms with E-state index >= 15 is 0 Å². The minimum atomic E-state index is -1.83. The summed E-state index contributed by atoms with van der Waals surface area (Å²) < 4.78 is 0. The molecular weight excluding hydrogens is 382 g/mol. The smallest absolute Gasteiger partial charge is 0.243 e. The van der Waals surface area contributed by atoms with Gasteiger partial charge in [-0.15, -0.1) is 0 Å². The third-order valence-electron chi connectivity index (χ3n) is 6.02. The average Bonchev–Trinajstić information content (AvgIpc) is 3.04. The van der Waals surface area contributed by atoms with E-state index in [-0.39, 0.29) is 0 Å². The first-order valence-electron chi connectivity index (χ1n) is 9.42. The lowest BCUT2D eigenvalue weighted by Gasteiger charge is -2.40. The molecule has 2 aliphatic heterocycles. The molecule has 0 saturated carbocycles. The molecule has 1 saturated heterocycles. The molecule has 0 aromatic heterocycles. The maximum Gasteiger partial charge on any atom is 0.243 e. The average molecular weight is 399 g/mol. The van der Waals surface area contributed by atoms with Crippen molar-refractivity contribution in [3.63, 3.8) is 0 Å². The van der Waals surface area contributed by atoms with Gasteiger partial charge in [-0.2, -0.15) is 0 Å². The summed E-state index contributed by atoms with van der Waals surface area (Å²) in [6.45, 7) is 2.00. The first kappa shape index (κ1) is 16.9. The van der Waals surface area contributed by atoms with Crippen LogP contribution in [0.1, 0.15) is 16.7 Å². The molecule has 0 spiro atoms. The Bertz CT molecular complexity index is 1240. The molecule has 2 atom stereocenters. The number of fused-ring (bicyclic) bond motifs is 5. The molecule has 29 heavy (non-hydrogen) atoms. The van der Waals surface area contributed by atoms with Crippen molar-refractivity contribution in [1.82, 2.24) is 0 Å². The van der Waals surface area contributed by atoms with Gasteiger partial charge < -0.3 is 10.2 Å². The van der Waals surface area contributed by atoms with Gasteiger partial charge in [-0.3, -0.25) is 9.80 Å². The molecule has 6 heteroatoms. The van der Waals surface area contributed by atoms with Gasteiger partial charge in [0, 0.05) is 16.8 Å². The number of rotatable bonds is 1. The normalized spacial score (nSPS) is 26.2. The van der Waals surface area contributed by atoms with Gasteiger partial charge >= 0.3 is 0 Å². The van der Waals surface area contributed by atoms with Crippen molar-refractivity contribution >= 4 is 40.1 Å². The quantitative estimate of drug-likeness (QED) is 0.613. The minimum absolute atomic E-state index is 0.327. The van der Waals surface area contributed by atoms with Crippen molar-refractivity contribution in [2.75, 3.05) is 9.80 Å². The zero-order valence-electron chi connectivity index (χ0n) is 15.6. The fourth-order valence-electron chi connectivity index (χ4n) is 4.77. The molecule has 0 bridgehead atoms. The van der Waals surface area contributed by atoms with E-state index in [1.165, 1.54) is 0 Å². The summed E-state index contributed by atoms with van der Waals surface area (Å²) in [6, 6.07) is 22.7. The van der Waals surface area contributed by atoms with E-state index in [0.717, 1.165) is 16.8 Å². The Labute approximate surface area is 173 Å². The second-order valence-corrected chi connectivity index (χ2v) is 8.00. The molecule has 1 fully saturated rings. The summed E-state index contributed by atoms with van der Waals surface area (Å²) in [7, 11) is 0. The number of thiocarbonyl (C=S) groups is 1. The lowest BCUT2D eigenvalue weighted by molar-refractivity contribution is -0.0845. The van der Waals surface area contributed by atoms with Crippen molar-refractivity contribution in [1.29, 1.82) is 0 Å². The lowest BCUT2D eigenvalue weighted by atomic mass is 9.95. The van der Waals surface area contributed by atoms with Crippen LogP contribution in [0.4, 0.5) is 17.1 Å². The highest BCUT2D eigenvalue weighted by Gasteiger charge is 2.75. The van der Waals surface area contributed by atoms with Gasteiger partial charge in [0.25, 0.3) is 0 Å². The predicted molar refractivity (Wildman–Crippen MR) is 117 cm³/mol. The van der Waals surface area contributed by atoms with Crippen molar-refractivity contribution in [2.45, 2.75) is 18.4 Å². The summed E-state index contributed by atoms with van der Waals surface area (Å²) in [5.74, 6) is 0. The van der Waals surface area contributed by atoms with Gasteiger partial charge in [-0.05, 0) is 49.0 Å². The topological polar surface area (TPSA) is 59.3 Å². The summed E-state index contributed by atoms with van der Waals surface area (Å²) >= 11 is 5.84. The molecular formula is C23H17N3O2S. The van der Waals surface area contributed by atoms with E-state index in [9.17, 15) is 10.2 Å². The van der Waals surface area contributed by atoms with Gasteiger partial charge in [0.05, 0.1) is 11.4 Å². The van der Waals surface area contributed by atoms with Gasteiger partial charge in [-0.25, -0.2) is 4.99 Å². The summed E-state index contributed by atoms with van der Waals surface area (Å²) in [5, 5.41) is 24.6. The predicted octanol–water partition coefficient (Wildman–Crippen LogP) is 3.59. The zero-order chi connectivity index (χ0) is 20.0. The van der Waals surface area contributed by atoms with Crippen LogP contribution in [0.5, 0.6) is 0 Å². The number of benzene rings is 3. The Balaban J connectivity index is 1.75. The highest BCUT2D eigenvalue weighted by atomic mass is 32.1. The minimum Gasteiger partial charge on any atom is -0.362 e. The first-order valence-corrected chi connectivity index (χ1v) is 9.82. The number of aryl methyl sites for hydroxylation is 1. The second kappa shape index (κ2) is 5.30. The maximum atomic E-state index is 12.2. The molecule has 6 rings (SSSR count). The number of aliphatic imine (C=N–C) groups is 1. The van der Waals surface area contributed by atoms with Crippen LogP contribution in [0.25, 0.3) is 0 Å².